The minimum atomic E-state index is -0.234. The normalized spacial score (nSPS) is 24.3. The number of hydrogen-bond donors (Lipinski definition) is 1. The van der Waals surface area contributed by atoms with E-state index in [0.29, 0.717) is 24.7 Å². The summed E-state index contributed by atoms with van der Waals surface area (Å²) in [6.07, 6.45) is 8.59. The molecule has 1 saturated carbocycles. The van der Waals surface area contributed by atoms with Crippen molar-refractivity contribution in [3.05, 3.63) is 0 Å². The van der Waals surface area contributed by atoms with E-state index in [0.717, 1.165) is 25.7 Å². The van der Waals surface area contributed by atoms with Crippen LogP contribution in [0.15, 0.2) is 0 Å². The quantitative estimate of drug-likeness (QED) is 0.857. The lowest BCUT2D eigenvalue weighted by Gasteiger charge is -2.39. The van der Waals surface area contributed by atoms with Crippen molar-refractivity contribution >= 4 is 6.09 Å². The summed E-state index contributed by atoms with van der Waals surface area (Å²) in [5, 5.41) is 3.05. The molecule has 1 amide bonds. The second-order valence-corrected chi connectivity index (χ2v) is 6.34. The zero-order valence-electron chi connectivity index (χ0n) is 13.0. The van der Waals surface area contributed by atoms with E-state index in [-0.39, 0.29) is 12.2 Å². The Hall–Kier alpha value is -0.770. The van der Waals surface area contributed by atoms with Crippen molar-refractivity contribution in [2.45, 2.75) is 77.4 Å². The van der Waals surface area contributed by atoms with E-state index in [2.05, 4.69) is 19.2 Å². The van der Waals surface area contributed by atoms with Gasteiger partial charge >= 0.3 is 6.09 Å². The van der Waals surface area contributed by atoms with Gasteiger partial charge in [-0.1, -0.05) is 26.7 Å². The molecular formula is C16H29NO3. The van der Waals surface area contributed by atoms with E-state index >= 15 is 0 Å². The second-order valence-electron chi connectivity index (χ2n) is 6.34. The number of amides is 1. The number of hydrogen-bond acceptors (Lipinski definition) is 3. The average Bonchev–Trinajstić information content (AvgIpc) is 2.49. The minimum Gasteiger partial charge on any atom is -0.446 e. The summed E-state index contributed by atoms with van der Waals surface area (Å²) in [7, 11) is 0. The largest absolute Gasteiger partial charge is 0.446 e. The predicted octanol–water partition coefficient (Wildman–Crippen LogP) is 3.64. The summed E-state index contributed by atoms with van der Waals surface area (Å²) < 4.78 is 10.7. The van der Waals surface area contributed by atoms with Crippen LogP contribution in [-0.4, -0.2) is 31.5 Å². The monoisotopic (exact) mass is 283 g/mol. The SMILES string of the molecule is CCC1(CC)CCC(NC(=O)OC2CCOCC2)CC1. The van der Waals surface area contributed by atoms with Crippen LogP contribution in [0.3, 0.4) is 0 Å². The zero-order chi connectivity index (χ0) is 14.4. The van der Waals surface area contributed by atoms with Crippen LogP contribution in [0, 0.1) is 5.41 Å². The van der Waals surface area contributed by atoms with Gasteiger partial charge in [0.2, 0.25) is 0 Å². The average molecular weight is 283 g/mol. The highest BCUT2D eigenvalue weighted by atomic mass is 16.6. The molecule has 0 unspecified atom stereocenters. The fourth-order valence-electron chi connectivity index (χ4n) is 3.48. The fourth-order valence-corrected chi connectivity index (χ4v) is 3.48. The number of carbonyl (C=O) groups is 1. The molecule has 4 nitrogen and oxygen atoms in total. The summed E-state index contributed by atoms with van der Waals surface area (Å²) in [5.74, 6) is 0. The maximum Gasteiger partial charge on any atom is 0.407 e. The van der Waals surface area contributed by atoms with Gasteiger partial charge < -0.3 is 14.8 Å². The molecule has 1 aliphatic heterocycles. The Kier molecular flexibility index (Phi) is 5.70. The van der Waals surface area contributed by atoms with Crippen LogP contribution in [0.4, 0.5) is 4.79 Å². The van der Waals surface area contributed by atoms with Crippen molar-refractivity contribution in [2.75, 3.05) is 13.2 Å². The maximum atomic E-state index is 11.9. The first-order valence-corrected chi connectivity index (χ1v) is 8.22. The van der Waals surface area contributed by atoms with Crippen molar-refractivity contribution in [1.82, 2.24) is 5.32 Å². The molecular weight excluding hydrogens is 254 g/mol. The Balaban J connectivity index is 1.70. The van der Waals surface area contributed by atoms with Crippen LogP contribution in [0.1, 0.15) is 65.2 Å². The van der Waals surface area contributed by atoms with Gasteiger partial charge in [0.15, 0.2) is 0 Å². The minimum absolute atomic E-state index is 0.0396. The Bertz CT molecular complexity index is 299. The predicted molar refractivity (Wildman–Crippen MR) is 78.7 cm³/mol. The lowest BCUT2D eigenvalue weighted by molar-refractivity contribution is -0.000207. The third-order valence-electron chi connectivity index (χ3n) is 5.31. The van der Waals surface area contributed by atoms with E-state index in [4.69, 9.17) is 9.47 Å². The Labute approximate surface area is 122 Å². The van der Waals surface area contributed by atoms with E-state index in [9.17, 15) is 4.79 Å². The van der Waals surface area contributed by atoms with Gasteiger partial charge in [0.25, 0.3) is 0 Å². The molecule has 2 fully saturated rings. The molecule has 1 saturated heterocycles. The molecule has 0 aromatic heterocycles. The van der Waals surface area contributed by atoms with Crippen LogP contribution < -0.4 is 5.32 Å². The molecule has 4 heteroatoms. The molecule has 0 bridgehead atoms. The highest BCUT2D eigenvalue weighted by molar-refractivity contribution is 5.67. The molecule has 0 spiro atoms. The highest BCUT2D eigenvalue weighted by Gasteiger charge is 2.33. The Morgan fingerprint density at radius 1 is 1.15 bits per heavy atom. The molecule has 2 rings (SSSR count). The number of nitrogens with one attached hydrogen (secondary N) is 1. The molecule has 1 heterocycles. The Morgan fingerprint density at radius 2 is 1.75 bits per heavy atom. The molecule has 0 atom stereocenters. The topological polar surface area (TPSA) is 47.6 Å². The number of carbonyl (C=O) groups excluding carboxylic acids is 1. The summed E-state index contributed by atoms with van der Waals surface area (Å²) >= 11 is 0. The van der Waals surface area contributed by atoms with E-state index in [1.54, 1.807) is 0 Å². The second kappa shape index (κ2) is 7.30. The number of ether oxygens (including phenoxy) is 2. The van der Waals surface area contributed by atoms with Crippen molar-refractivity contribution in [2.24, 2.45) is 5.41 Å². The molecule has 20 heavy (non-hydrogen) atoms. The summed E-state index contributed by atoms with van der Waals surface area (Å²) in [5.41, 5.74) is 0.517. The summed E-state index contributed by atoms with van der Waals surface area (Å²) in [6.45, 7) is 5.99. The van der Waals surface area contributed by atoms with Gasteiger partial charge in [-0.05, 0) is 31.1 Å². The van der Waals surface area contributed by atoms with Crippen molar-refractivity contribution in [3.63, 3.8) is 0 Å². The van der Waals surface area contributed by atoms with Gasteiger partial charge in [0.05, 0.1) is 13.2 Å². The molecule has 1 aliphatic carbocycles. The molecule has 0 radical (unpaired) electrons. The maximum absolute atomic E-state index is 11.9. The molecule has 1 N–H and O–H groups in total. The first-order valence-electron chi connectivity index (χ1n) is 8.22. The lowest BCUT2D eigenvalue weighted by atomic mass is 9.69. The van der Waals surface area contributed by atoms with Crippen molar-refractivity contribution < 1.29 is 14.3 Å². The molecule has 2 aliphatic rings. The van der Waals surface area contributed by atoms with E-state index in [1.165, 1.54) is 25.7 Å². The third kappa shape index (κ3) is 4.11. The molecule has 0 aromatic rings. The molecule has 116 valence electrons. The summed E-state index contributed by atoms with van der Waals surface area (Å²) in [6, 6.07) is 0.300. The standard InChI is InChI=1S/C16H29NO3/c1-3-16(4-2)9-5-13(6-10-16)17-15(18)20-14-7-11-19-12-8-14/h13-14H,3-12H2,1-2H3,(H,17,18). The third-order valence-corrected chi connectivity index (χ3v) is 5.31. The zero-order valence-corrected chi connectivity index (χ0v) is 13.0. The van der Waals surface area contributed by atoms with Gasteiger partial charge in [-0.15, -0.1) is 0 Å². The van der Waals surface area contributed by atoms with Crippen LogP contribution >= 0.6 is 0 Å². The van der Waals surface area contributed by atoms with Crippen molar-refractivity contribution in [3.8, 4) is 0 Å². The van der Waals surface area contributed by atoms with E-state index in [1.807, 2.05) is 0 Å². The van der Waals surface area contributed by atoms with Gasteiger partial charge in [0, 0.05) is 18.9 Å². The van der Waals surface area contributed by atoms with Gasteiger partial charge in [-0.3, -0.25) is 0 Å². The van der Waals surface area contributed by atoms with Gasteiger partial charge in [-0.2, -0.15) is 0 Å². The summed E-state index contributed by atoms with van der Waals surface area (Å²) in [4.78, 5) is 11.9. The van der Waals surface area contributed by atoms with Gasteiger partial charge in [0.1, 0.15) is 6.10 Å². The van der Waals surface area contributed by atoms with Gasteiger partial charge in [-0.25, -0.2) is 4.79 Å². The Morgan fingerprint density at radius 3 is 2.30 bits per heavy atom. The first kappa shape index (κ1) is 15.6. The van der Waals surface area contributed by atoms with E-state index < -0.39 is 0 Å². The number of rotatable bonds is 4. The van der Waals surface area contributed by atoms with Crippen LogP contribution in [0.25, 0.3) is 0 Å². The van der Waals surface area contributed by atoms with Crippen LogP contribution in [0.5, 0.6) is 0 Å². The van der Waals surface area contributed by atoms with Crippen molar-refractivity contribution in [1.29, 1.82) is 0 Å². The first-order chi connectivity index (χ1) is 9.67. The molecule has 0 aromatic carbocycles. The smallest absolute Gasteiger partial charge is 0.407 e. The lowest BCUT2D eigenvalue weighted by Crippen LogP contribution is -2.42. The highest BCUT2D eigenvalue weighted by Crippen LogP contribution is 2.41. The van der Waals surface area contributed by atoms with Crippen LogP contribution in [0.2, 0.25) is 0 Å². The fraction of sp³-hybridized carbons (Fsp3) is 0.938. The number of alkyl carbamates (subject to hydrolysis) is 1. The van der Waals surface area contributed by atoms with Crippen LogP contribution in [-0.2, 0) is 9.47 Å².